The molecule has 28 heavy (non-hydrogen) atoms. The number of carbonyl (C=O) groups excluding carboxylic acids is 3. The van der Waals surface area contributed by atoms with Crippen LogP contribution in [0.15, 0.2) is 6.07 Å². The second-order valence-corrected chi connectivity index (χ2v) is 7.73. The van der Waals surface area contributed by atoms with Crippen molar-refractivity contribution in [3.8, 4) is 0 Å². The first-order chi connectivity index (χ1) is 13.0. The van der Waals surface area contributed by atoms with E-state index in [1.54, 1.807) is 0 Å². The van der Waals surface area contributed by atoms with Crippen LogP contribution >= 0.6 is 0 Å². The molecule has 0 radical (unpaired) electrons. The van der Waals surface area contributed by atoms with E-state index in [0.717, 1.165) is 35.2 Å². The quantitative estimate of drug-likeness (QED) is 0.622. The van der Waals surface area contributed by atoms with E-state index in [4.69, 9.17) is 0 Å². The number of nitrogens with one attached hydrogen (secondary N) is 1. The van der Waals surface area contributed by atoms with Gasteiger partial charge in [0.05, 0.1) is 6.54 Å². The summed E-state index contributed by atoms with van der Waals surface area (Å²) in [6.07, 6.45) is 0.319. The lowest BCUT2D eigenvalue weighted by molar-refractivity contribution is -0.141. The van der Waals surface area contributed by atoms with Crippen LogP contribution in [0, 0.1) is 13.8 Å². The Labute approximate surface area is 161 Å². The van der Waals surface area contributed by atoms with Crippen molar-refractivity contribution in [1.82, 2.24) is 14.8 Å². The molecule has 2 heterocycles. The number of ketones is 1. The SMILES string of the molecule is Cc1cc(C(=O)CN2C(=O)NC3(CCCCCC3)C2=O)c(C)n1CC(F)(F)F. The molecule has 1 spiro atoms. The number of hydrogen-bond acceptors (Lipinski definition) is 3. The summed E-state index contributed by atoms with van der Waals surface area (Å²) in [6, 6.07) is 0.771. The van der Waals surface area contributed by atoms with E-state index >= 15 is 0 Å². The predicted molar refractivity (Wildman–Crippen MR) is 95.0 cm³/mol. The number of alkyl halides is 3. The van der Waals surface area contributed by atoms with E-state index < -0.39 is 42.5 Å². The molecule has 1 aromatic rings. The number of nitrogens with zero attached hydrogens (tertiary/aromatic N) is 2. The first kappa shape index (κ1) is 20.4. The number of rotatable bonds is 4. The molecule has 1 aliphatic heterocycles. The molecule has 1 saturated heterocycles. The van der Waals surface area contributed by atoms with E-state index in [1.165, 1.54) is 19.9 Å². The van der Waals surface area contributed by atoms with Crippen LogP contribution in [-0.4, -0.2) is 45.4 Å². The van der Waals surface area contributed by atoms with Gasteiger partial charge >= 0.3 is 12.2 Å². The Morgan fingerprint density at radius 3 is 2.32 bits per heavy atom. The summed E-state index contributed by atoms with van der Waals surface area (Å²) in [5.74, 6) is -0.951. The van der Waals surface area contributed by atoms with E-state index in [0.29, 0.717) is 18.5 Å². The number of aryl methyl sites for hydroxylation is 1. The van der Waals surface area contributed by atoms with Crippen molar-refractivity contribution in [2.45, 2.75) is 70.6 Å². The normalized spacial score (nSPS) is 19.8. The van der Waals surface area contributed by atoms with E-state index in [-0.39, 0.29) is 11.3 Å². The molecule has 6 nitrogen and oxygen atoms in total. The maximum atomic E-state index is 12.9. The molecule has 0 unspecified atom stereocenters. The molecule has 1 N–H and O–H groups in total. The molecule has 1 aliphatic carbocycles. The fraction of sp³-hybridized carbons (Fsp3) is 0.632. The van der Waals surface area contributed by atoms with Gasteiger partial charge < -0.3 is 9.88 Å². The van der Waals surface area contributed by atoms with Crippen molar-refractivity contribution < 1.29 is 27.6 Å². The first-order valence-electron chi connectivity index (χ1n) is 9.45. The van der Waals surface area contributed by atoms with E-state index in [1.807, 2.05) is 0 Å². The lowest BCUT2D eigenvalue weighted by Crippen LogP contribution is -2.46. The molecule has 0 bridgehead atoms. The van der Waals surface area contributed by atoms with Gasteiger partial charge in [-0.15, -0.1) is 0 Å². The van der Waals surface area contributed by atoms with E-state index in [9.17, 15) is 27.6 Å². The minimum Gasteiger partial charge on any atom is -0.339 e. The van der Waals surface area contributed by atoms with Gasteiger partial charge in [-0.25, -0.2) is 4.79 Å². The molecule has 0 aromatic carbocycles. The Kier molecular flexibility index (Phi) is 5.29. The molecule has 1 aromatic heterocycles. The van der Waals surface area contributed by atoms with Crippen molar-refractivity contribution in [2.24, 2.45) is 0 Å². The van der Waals surface area contributed by atoms with Crippen molar-refractivity contribution in [3.05, 3.63) is 23.0 Å². The number of hydrogen-bond donors (Lipinski definition) is 1. The number of amides is 3. The summed E-state index contributed by atoms with van der Waals surface area (Å²) in [5.41, 5.74) is -0.364. The van der Waals surface area contributed by atoms with Gasteiger partial charge in [-0.05, 0) is 32.8 Å². The molecule has 3 rings (SSSR count). The second kappa shape index (κ2) is 7.25. The van der Waals surface area contributed by atoms with Gasteiger partial charge in [0.2, 0.25) is 0 Å². The van der Waals surface area contributed by atoms with Crippen LogP contribution in [0.25, 0.3) is 0 Å². The third-order valence-corrected chi connectivity index (χ3v) is 5.72. The summed E-state index contributed by atoms with van der Waals surface area (Å²) in [4.78, 5) is 38.9. The molecule has 3 amide bonds. The Balaban J connectivity index is 1.79. The summed E-state index contributed by atoms with van der Waals surface area (Å²) in [7, 11) is 0. The second-order valence-electron chi connectivity index (χ2n) is 7.73. The van der Waals surface area contributed by atoms with Crippen LogP contribution in [0.4, 0.5) is 18.0 Å². The Bertz CT molecular complexity index is 805. The molecule has 9 heteroatoms. The van der Waals surface area contributed by atoms with Crippen LogP contribution in [0.2, 0.25) is 0 Å². The fourth-order valence-electron chi connectivity index (χ4n) is 4.23. The maximum Gasteiger partial charge on any atom is 0.406 e. The highest BCUT2D eigenvalue weighted by Gasteiger charge is 2.51. The molecular formula is C19H24F3N3O3. The van der Waals surface area contributed by atoms with Gasteiger partial charge in [0, 0.05) is 17.0 Å². The van der Waals surface area contributed by atoms with Crippen LogP contribution in [-0.2, 0) is 11.3 Å². The molecule has 2 fully saturated rings. The molecule has 0 atom stereocenters. The topological polar surface area (TPSA) is 71.4 Å². The van der Waals surface area contributed by atoms with Gasteiger partial charge in [0.1, 0.15) is 12.1 Å². The molecule has 154 valence electrons. The Morgan fingerprint density at radius 2 is 1.75 bits per heavy atom. The summed E-state index contributed by atoms with van der Waals surface area (Å²) >= 11 is 0. The summed E-state index contributed by atoms with van der Waals surface area (Å²) in [6.45, 7) is 1.27. The zero-order chi connectivity index (χ0) is 20.7. The van der Waals surface area contributed by atoms with Crippen molar-refractivity contribution >= 4 is 17.7 Å². The van der Waals surface area contributed by atoms with Gasteiger partial charge in [-0.2, -0.15) is 13.2 Å². The van der Waals surface area contributed by atoms with Crippen LogP contribution in [0.5, 0.6) is 0 Å². The lowest BCUT2D eigenvalue weighted by atomic mass is 9.90. The molecular weight excluding hydrogens is 375 g/mol. The molecule has 1 saturated carbocycles. The third-order valence-electron chi connectivity index (χ3n) is 5.72. The predicted octanol–water partition coefficient (Wildman–Crippen LogP) is 3.49. The molecule has 2 aliphatic rings. The number of aromatic nitrogens is 1. The fourth-order valence-corrected chi connectivity index (χ4v) is 4.23. The smallest absolute Gasteiger partial charge is 0.339 e. The minimum absolute atomic E-state index is 0.101. The zero-order valence-corrected chi connectivity index (χ0v) is 16.0. The summed E-state index contributed by atoms with van der Waals surface area (Å²) in [5, 5.41) is 2.76. The third kappa shape index (κ3) is 3.79. The summed E-state index contributed by atoms with van der Waals surface area (Å²) < 4.78 is 39.3. The highest BCUT2D eigenvalue weighted by Crippen LogP contribution is 2.33. The van der Waals surface area contributed by atoms with Crippen LogP contribution in [0.1, 0.15) is 60.3 Å². The standard InChI is InChI=1S/C19H24F3N3O3/c1-12-9-14(13(2)25(12)11-19(20,21)22)15(26)10-24-16(27)18(23-17(24)28)7-5-3-4-6-8-18/h9H,3-8,10-11H2,1-2H3,(H,23,28). The Morgan fingerprint density at radius 1 is 1.14 bits per heavy atom. The Hall–Kier alpha value is -2.32. The van der Waals surface area contributed by atoms with Crippen LogP contribution < -0.4 is 5.32 Å². The van der Waals surface area contributed by atoms with Crippen molar-refractivity contribution in [3.63, 3.8) is 0 Å². The maximum absolute atomic E-state index is 12.9. The number of urea groups is 1. The van der Waals surface area contributed by atoms with E-state index in [2.05, 4.69) is 5.32 Å². The highest BCUT2D eigenvalue weighted by molar-refractivity contribution is 6.11. The largest absolute Gasteiger partial charge is 0.406 e. The van der Waals surface area contributed by atoms with Gasteiger partial charge in [-0.1, -0.05) is 25.7 Å². The monoisotopic (exact) mass is 399 g/mol. The number of halogens is 3. The van der Waals surface area contributed by atoms with Crippen LogP contribution in [0.3, 0.4) is 0 Å². The highest BCUT2D eigenvalue weighted by atomic mass is 19.4. The van der Waals surface area contributed by atoms with Gasteiger partial charge in [0.15, 0.2) is 5.78 Å². The zero-order valence-electron chi connectivity index (χ0n) is 16.0. The number of Topliss-reactive ketones (excluding diaryl/α,β-unsaturated/α-hetero) is 1. The first-order valence-corrected chi connectivity index (χ1v) is 9.45. The van der Waals surface area contributed by atoms with Gasteiger partial charge in [0.25, 0.3) is 5.91 Å². The van der Waals surface area contributed by atoms with Gasteiger partial charge in [-0.3, -0.25) is 14.5 Å². The van der Waals surface area contributed by atoms with Crippen molar-refractivity contribution in [2.75, 3.05) is 6.54 Å². The van der Waals surface area contributed by atoms with Crippen molar-refractivity contribution in [1.29, 1.82) is 0 Å². The lowest BCUT2D eigenvalue weighted by Gasteiger charge is -2.24. The minimum atomic E-state index is -4.41. The number of carbonyl (C=O) groups is 3. The number of imide groups is 1. The average Bonchev–Trinajstić information content (AvgIpc) is 2.89. The average molecular weight is 399 g/mol.